The van der Waals surface area contributed by atoms with Gasteiger partial charge in [0, 0.05) is 31.2 Å². The first-order chi connectivity index (χ1) is 13.7. The average molecular weight is 399 g/mol. The van der Waals surface area contributed by atoms with Crippen molar-refractivity contribution in [3.63, 3.8) is 0 Å². The number of hydrogen-bond acceptors (Lipinski definition) is 3. The summed E-state index contributed by atoms with van der Waals surface area (Å²) in [5.41, 5.74) is 0.896. The second-order valence-electron chi connectivity index (χ2n) is 6.30. The highest BCUT2D eigenvalue weighted by molar-refractivity contribution is 6.01. The molecule has 1 aromatic heterocycles. The molecule has 150 valence electrons. The minimum atomic E-state index is -1.15. The van der Waals surface area contributed by atoms with Crippen molar-refractivity contribution in [2.75, 3.05) is 14.1 Å². The second kappa shape index (κ2) is 9.50. The number of carbonyl (C=O) groups excluding carboxylic acids is 1. The number of nitrogens with zero attached hydrogens (tertiary/aromatic N) is 3. The van der Waals surface area contributed by atoms with E-state index in [-0.39, 0.29) is 5.69 Å². The van der Waals surface area contributed by atoms with Crippen molar-refractivity contribution >= 4 is 29.0 Å². The summed E-state index contributed by atoms with van der Waals surface area (Å²) in [4.78, 5) is 31.3. The van der Waals surface area contributed by atoms with E-state index in [2.05, 4.69) is 9.98 Å². The number of aromatic carboxylic acids is 1. The molecule has 0 aliphatic rings. The number of hydrogen-bond donors (Lipinski definition) is 1. The lowest BCUT2D eigenvalue weighted by Gasteiger charge is -2.03. The van der Waals surface area contributed by atoms with E-state index in [1.165, 1.54) is 42.9 Å². The van der Waals surface area contributed by atoms with Gasteiger partial charge in [-0.1, -0.05) is 12.1 Å². The molecule has 8 heteroatoms. The predicted molar refractivity (Wildman–Crippen MR) is 106 cm³/mol. The Hall–Kier alpha value is -3.68. The molecule has 0 fully saturated rings. The Morgan fingerprint density at radius 3 is 2.38 bits per heavy atom. The molecule has 0 radical (unpaired) electrons. The summed E-state index contributed by atoms with van der Waals surface area (Å²) in [6.07, 6.45) is 2.79. The van der Waals surface area contributed by atoms with Crippen LogP contribution in [0.1, 0.15) is 26.4 Å². The molecule has 29 heavy (non-hydrogen) atoms. The number of aliphatic imine (C=N–C) groups is 1. The molecule has 0 spiro atoms. The maximum Gasteiger partial charge on any atom is 0.355 e. The SMILES string of the molecule is Cc1ccc(F)cc1C(=O)/N=C/N(C)C.O=C(O)c1nccc2ccc(F)cc12. The number of aromatic nitrogens is 1. The Balaban J connectivity index is 0.000000207. The molecule has 1 heterocycles. The van der Waals surface area contributed by atoms with E-state index >= 15 is 0 Å². The van der Waals surface area contributed by atoms with Crippen molar-refractivity contribution in [2.45, 2.75) is 6.92 Å². The smallest absolute Gasteiger partial charge is 0.355 e. The van der Waals surface area contributed by atoms with Gasteiger partial charge in [0.2, 0.25) is 0 Å². The van der Waals surface area contributed by atoms with Crippen molar-refractivity contribution in [3.8, 4) is 0 Å². The van der Waals surface area contributed by atoms with Crippen molar-refractivity contribution in [1.29, 1.82) is 0 Å². The first kappa shape index (κ1) is 21.6. The van der Waals surface area contributed by atoms with Gasteiger partial charge in [0.1, 0.15) is 11.6 Å². The third-order valence-electron chi connectivity index (χ3n) is 3.77. The fourth-order valence-corrected chi connectivity index (χ4v) is 2.37. The average Bonchev–Trinajstić information content (AvgIpc) is 2.67. The fraction of sp³-hybridized carbons (Fsp3) is 0.143. The van der Waals surface area contributed by atoms with Crippen molar-refractivity contribution in [2.24, 2.45) is 4.99 Å². The van der Waals surface area contributed by atoms with Crippen LogP contribution in [0.3, 0.4) is 0 Å². The minimum Gasteiger partial charge on any atom is -0.476 e. The van der Waals surface area contributed by atoms with Crippen LogP contribution in [0.25, 0.3) is 10.8 Å². The molecule has 0 saturated carbocycles. The number of amides is 1. The number of rotatable bonds is 3. The highest BCUT2D eigenvalue weighted by Gasteiger charge is 2.10. The van der Waals surface area contributed by atoms with E-state index in [9.17, 15) is 18.4 Å². The van der Waals surface area contributed by atoms with Crippen LogP contribution in [0.2, 0.25) is 0 Å². The van der Waals surface area contributed by atoms with Crippen molar-refractivity contribution in [3.05, 3.63) is 77.1 Å². The number of fused-ring (bicyclic) bond motifs is 1. The zero-order valence-corrected chi connectivity index (χ0v) is 16.1. The number of carboxylic acids is 1. The van der Waals surface area contributed by atoms with Crippen LogP contribution in [-0.2, 0) is 0 Å². The Labute approximate surface area is 166 Å². The lowest BCUT2D eigenvalue weighted by atomic mass is 10.1. The Bertz CT molecular complexity index is 1080. The molecule has 0 aliphatic heterocycles. The van der Waals surface area contributed by atoms with Gasteiger partial charge in [-0.15, -0.1) is 0 Å². The first-order valence-corrected chi connectivity index (χ1v) is 8.47. The summed E-state index contributed by atoms with van der Waals surface area (Å²) >= 11 is 0. The molecule has 0 unspecified atom stereocenters. The lowest BCUT2D eigenvalue weighted by molar-refractivity contribution is 0.0692. The number of benzene rings is 2. The molecule has 0 aliphatic carbocycles. The van der Waals surface area contributed by atoms with E-state index in [0.29, 0.717) is 16.3 Å². The molecule has 0 saturated heterocycles. The fourth-order valence-electron chi connectivity index (χ4n) is 2.37. The van der Waals surface area contributed by atoms with Crippen molar-refractivity contribution in [1.82, 2.24) is 9.88 Å². The number of halogens is 2. The van der Waals surface area contributed by atoms with Gasteiger partial charge in [-0.05, 0) is 48.2 Å². The zero-order chi connectivity index (χ0) is 21.6. The van der Waals surface area contributed by atoms with Gasteiger partial charge in [-0.3, -0.25) is 4.79 Å². The van der Waals surface area contributed by atoms with Gasteiger partial charge in [-0.2, -0.15) is 4.99 Å². The Kier molecular flexibility index (Phi) is 7.08. The van der Waals surface area contributed by atoms with Crippen LogP contribution in [0.15, 0.2) is 53.7 Å². The summed E-state index contributed by atoms with van der Waals surface area (Å²) < 4.78 is 25.8. The predicted octanol–water partition coefficient (Wildman–Crippen LogP) is 3.94. The molecular weight excluding hydrogens is 380 g/mol. The normalized spacial score (nSPS) is 10.5. The summed E-state index contributed by atoms with van der Waals surface area (Å²) in [7, 11) is 3.52. The van der Waals surface area contributed by atoms with E-state index < -0.39 is 23.5 Å². The highest BCUT2D eigenvalue weighted by atomic mass is 19.1. The summed E-state index contributed by atoms with van der Waals surface area (Å²) in [6, 6.07) is 9.71. The standard InChI is InChI=1S/C11H13FN2O.C10H6FNO2/c1-8-4-5-9(12)6-10(8)11(15)13-7-14(2)3;11-7-2-1-6-3-4-12-9(10(13)14)8(6)5-7/h4-7H,1-3H3;1-5H,(H,13,14)/b13-7+;. The number of carbonyl (C=O) groups is 2. The first-order valence-electron chi connectivity index (χ1n) is 8.47. The monoisotopic (exact) mass is 399 g/mol. The van der Waals surface area contributed by atoms with E-state index in [0.717, 1.165) is 5.56 Å². The van der Waals surface area contributed by atoms with Crippen LogP contribution in [-0.4, -0.2) is 47.3 Å². The topological polar surface area (TPSA) is 82.9 Å². The van der Waals surface area contributed by atoms with Crippen molar-refractivity contribution < 1.29 is 23.5 Å². The number of pyridine rings is 1. The summed E-state index contributed by atoms with van der Waals surface area (Å²) in [6.45, 7) is 1.75. The maximum absolute atomic E-state index is 12.9. The third-order valence-corrected chi connectivity index (χ3v) is 3.77. The van der Waals surface area contributed by atoms with Gasteiger partial charge in [0.25, 0.3) is 5.91 Å². The second-order valence-corrected chi connectivity index (χ2v) is 6.30. The zero-order valence-electron chi connectivity index (χ0n) is 16.1. The quantitative estimate of drug-likeness (QED) is 0.533. The molecule has 6 nitrogen and oxygen atoms in total. The molecule has 1 amide bonds. The van der Waals surface area contributed by atoms with Gasteiger partial charge >= 0.3 is 5.97 Å². The summed E-state index contributed by atoms with van der Waals surface area (Å²) in [5, 5.41) is 9.77. The van der Waals surface area contributed by atoms with Crippen LogP contribution < -0.4 is 0 Å². The van der Waals surface area contributed by atoms with Gasteiger partial charge in [-0.25, -0.2) is 18.6 Å². The van der Waals surface area contributed by atoms with E-state index in [4.69, 9.17) is 5.11 Å². The molecule has 1 N–H and O–H groups in total. The van der Waals surface area contributed by atoms with Crippen LogP contribution >= 0.6 is 0 Å². The third kappa shape index (κ3) is 5.90. The minimum absolute atomic E-state index is 0.123. The molecular formula is C21H19F2N3O3. The van der Waals surface area contributed by atoms with Gasteiger partial charge < -0.3 is 10.0 Å². The largest absolute Gasteiger partial charge is 0.476 e. The summed E-state index contributed by atoms with van der Waals surface area (Å²) in [5.74, 6) is -2.47. The molecule has 3 aromatic rings. The Morgan fingerprint density at radius 2 is 1.72 bits per heavy atom. The molecule has 2 aromatic carbocycles. The number of carboxylic acid groups (broad SMARTS) is 1. The maximum atomic E-state index is 12.9. The molecule has 3 rings (SSSR count). The van der Waals surface area contributed by atoms with Gasteiger partial charge in [0.05, 0.1) is 6.34 Å². The molecule has 0 atom stereocenters. The van der Waals surface area contributed by atoms with Crippen LogP contribution in [0, 0.1) is 18.6 Å². The highest BCUT2D eigenvalue weighted by Crippen LogP contribution is 2.18. The lowest BCUT2D eigenvalue weighted by Crippen LogP contribution is -2.10. The van der Waals surface area contributed by atoms with Crippen LogP contribution in [0.4, 0.5) is 8.78 Å². The van der Waals surface area contributed by atoms with E-state index in [1.807, 2.05) is 0 Å². The van der Waals surface area contributed by atoms with E-state index in [1.54, 1.807) is 38.1 Å². The van der Waals surface area contributed by atoms with Gasteiger partial charge in [0.15, 0.2) is 5.69 Å². The van der Waals surface area contributed by atoms with Crippen LogP contribution in [0.5, 0.6) is 0 Å². The molecule has 0 bridgehead atoms. The number of aryl methyl sites for hydroxylation is 1. The Morgan fingerprint density at radius 1 is 1.07 bits per heavy atom.